The molecule has 102 valence electrons. The number of halogens is 1. The summed E-state index contributed by atoms with van der Waals surface area (Å²) < 4.78 is 40.4. The molecule has 0 spiro atoms. The summed E-state index contributed by atoms with van der Waals surface area (Å²) in [4.78, 5) is 8.78. The van der Waals surface area contributed by atoms with Crippen LogP contribution in [0.5, 0.6) is 5.75 Å². The first-order chi connectivity index (χ1) is 8.66. The predicted molar refractivity (Wildman–Crippen MR) is 60.1 cm³/mol. The van der Waals surface area contributed by atoms with Crippen molar-refractivity contribution < 1.29 is 22.5 Å². The largest absolute Gasteiger partial charge is 0.469 e. The van der Waals surface area contributed by atoms with E-state index in [-0.39, 0.29) is 0 Å². The van der Waals surface area contributed by atoms with Crippen LogP contribution in [0.3, 0.4) is 0 Å². The van der Waals surface area contributed by atoms with Gasteiger partial charge in [0, 0.05) is 12.1 Å². The van der Waals surface area contributed by atoms with Crippen molar-refractivity contribution in [3.05, 3.63) is 28.1 Å². The molecular weight excluding hydrogens is 281 g/mol. The Morgan fingerprint density at radius 3 is 2.58 bits per heavy atom. The number of nitro benzene ring substituents is 1. The molecule has 2 N–H and O–H groups in total. The normalized spacial score (nSPS) is 12.5. The van der Waals surface area contributed by atoms with Gasteiger partial charge in [-0.3, -0.25) is 10.1 Å². The summed E-state index contributed by atoms with van der Waals surface area (Å²) in [5.41, 5.74) is -0.799. The van der Waals surface area contributed by atoms with Crippen LogP contribution in [0.15, 0.2) is 17.0 Å². The molecule has 0 heterocycles. The van der Waals surface area contributed by atoms with Crippen LogP contribution in [0.25, 0.3) is 0 Å². The molecule has 0 aliphatic heterocycles. The second-order valence-corrected chi connectivity index (χ2v) is 4.97. The SMILES string of the molecule is CC(C#N)Oc1cc(F)c(S(N)(=O)=O)cc1[N+](=O)[O-]. The van der Waals surface area contributed by atoms with Crippen molar-refractivity contribution >= 4 is 15.7 Å². The van der Waals surface area contributed by atoms with E-state index in [4.69, 9.17) is 15.1 Å². The topological polar surface area (TPSA) is 136 Å². The number of primary sulfonamides is 1. The van der Waals surface area contributed by atoms with E-state index in [1.807, 2.05) is 0 Å². The van der Waals surface area contributed by atoms with Crippen molar-refractivity contribution in [3.8, 4) is 11.8 Å². The molecule has 0 saturated carbocycles. The van der Waals surface area contributed by atoms with Gasteiger partial charge in [0.15, 0.2) is 6.10 Å². The van der Waals surface area contributed by atoms with Gasteiger partial charge in [0.2, 0.25) is 15.8 Å². The average molecular weight is 289 g/mol. The predicted octanol–water partition coefficient (Wildman–Crippen LogP) is 0.672. The van der Waals surface area contributed by atoms with Crippen molar-refractivity contribution in [2.45, 2.75) is 17.9 Å². The minimum Gasteiger partial charge on any atom is -0.469 e. The van der Waals surface area contributed by atoms with Crippen molar-refractivity contribution in [1.29, 1.82) is 5.26 Å². The lowest BCUT2D eigenvalue weighted by atomic mass is 10.3. The number of hydrogen-bond donors (Lipinski definition) is 1. The van der Waals surface area contributed by atoms with Crippen LogP contribution < -0.4 is 9.88 Å². The first kappa shape index (κ1) is 14.8. The van der Waals surface area contributed by atoms with E-state index in [1.165, 1.54) is 6.92 Å². The Kier molecular flexibility index (Phi) is 4.03. The molecule has 0 aromatic heterocycles. The van der Waals surface area contributed by atoms with Gasteiger partial charge in [0.1, 0.15) is 16.8 Å². The first-order valence-electron chi connectivity index (χ1n) is 4.74. The summed E-state index contributed by atoms with van der Waals surface area (Å²) in [6.07, 6.45) is -1.07. The van der Waals surface area contributed by atoms with E-state index in [1.54, 1.807) is 6.07 Å². The number of ether oxygens (including phenoxy) is 1. The molecule has 19 heavy (non-hydrogen) atoms. The number of rotatable bonds is 4. The van der Waals surface area contributed by atoms with E-state index in [2.05, 4.69) is 0 Å². The number of hydrogen-bond acceptors (Lipinski definition) is 6. The average Bonchev–Trinajstić information content (AvgIpc) is 2.26. The van der Waals surface area contributed by atoms with E-state index < -0.39 is 43.2 Å². The van der Waals surface area contributed by atoms with Gasteiger partial charge in [-0.25, -0.2) is 17.9 Å². The van der Waals surface area contributed by atoms with Crippen molar-refractivity contribution in [2.75, 3.05) is 0 Å². The molecular formula is C9H8FN3O5S. The fourth-order valence-corrected chi connectivity index (χ4v) is 1.80. The molecule has 1 aromatic rings. The molecule has 10 heteroatoms. The Morgan fingerprint density at radius 1 is 1.58 bits per heavy atom. The van der Waals surface area contributed by atoms with Gasteiger partial charge in [-0.2, -0.15) is 5.26 Å². The highest BCUT2D eigenvalue weighted by Crippen LogP contribution is 2.32. The van der Waals surface area contributed by atoms with Gasteiger partial charge < -0.3 is 4.74 Å². The van der Waals surface area contributed by atoms with E-state index in [0.29, 0.717) is 12.1 Å². The van der Waals surface area contributed by atoms with Crippen LogP contribution in [0.4, 0.5) is 10.1 Å². The van der Waals surface area contributed by atoms with Crippen LogP contribution >= 0.6 is 0 Å². The van der Waals surface area contributed by atoms with Crippen molar-refractivity contribution in [1.82, 2.24) is 0 Å². The number of benzene rings is 1. The van der Waals surface area contributed by atoms with Crippen LogP contribution in [-0.4, -0.2) is 19.4 Å². The standard InChI is InChI=1S/C9H8FN3O5S/c1-5(4-11)18-8-2-6(10)9(19(12,16)17)3-7(8)13(14)15/h2-3,5H,1H3,(H2,12,16,17). The van der Waals surface area contributed by atoms with Crippen molar-refractivity contribution in [2.24, 2.45) is 5.14 Å². The van der Waals surface area contributed by atoms with Gasteiger partial charge >= 0.3 is 5.69 Å². The highest BCUT2D eigenvalue weighted by atomic mass is 32.2. The molecule has 1 aromatic carbocycles. The van der Waals surface area contributed by atoms with E-state index >= 15 is 0 Å². The summed E-state index contributed by atoms with van der Waals surface area (Å²) >= 11 is 0. The third kappa shape index (κ3) is 3.36. The molecule has 1 unspecified atom stereocenters. The Bertz CT molecular complexity index is 667. The van der Waals surface area contributed by atoms with Gasteiger partial charge in [-0.15, -0.1) is 0 Å². The number of nitrogens with zero attached hydrogens (tertiary/aromatic N) is 2. The number of sulfonamides is 1. The van der Waals surface area contributed by atoms with Gasteiger partial charge in [0.05, 0.1) is 4.92 Å². The van der Waals surface area contributed by atoms with Gasteiger partial charge in [0.25, 0.3) is 0 Å². The van der Waals surface area contributed by atoms with E-state index in [0.717, 1.165) is 0 Å². The maximum absolute atomic E-state index is 13.5. The molecule has 8 nitrogen and oxygen atoms in total. The summed E-state index contributed by atoms with van der Waals surface area (Å²) in [5.74, 6) is -1.85. The molecule has 1 rings (SSSR count). The van der Waals surface area contributed by atoms with Crippen LogP contribution in [-0.2, 0) is 10.0 Å². The van der Waals surface area contributed by atoms with Crippen LogP contribution in [0, 0.1) is 27.3 Å². The lowest BCUT2D eigenvalue weighted by molar-refractivity contribution is -0.386. The van der Waals surface area contributed by atoms with Gasteiger partial charge in [-0.05, 0) is 6.92 Å². The third-order valence-electron chi connectivity index (χ3n) is 2.00. The number of nitriles is 1. The molecule has 0 saturated heterocycles. The molecule has 0 aliphatic carbocycles. The smallest absolute Gasteiger partial charge is 0.312 e. The molecule has 0 radical (unpaired) electrons. The second kappa shape index (κ2) is 5.17. The highest BCUT2D eigenvalue weighted by molar-refractivity contribution is 7.89. The quantitative estimate of drug-likeness (QED) is 0.639. The fourth-order valence-electron chi connectivity index (χ4n) is 1.20. The summed E-state index contributed by atoms with van der Waals surface area (Å²) in [6, 6.07) is 2.59. The highest BCUT2D eigenvalue weighted by Gasteiger charge is 2.25. The maximum Gasteiger partial charge on any atom is 0.312 e. The summed E-state index contributed by atoms with van der Waals surface area (Å²) in [5, 5.41) is 24.0. The van der Waals surface area contributed by atoms with Crippen LogP contribution in [0.1, 0.15) is 6.92 Å². The summed E-state index contributed by atoms with van der Waals surface area (Å²) in [7, 11) is -4.44. The number of nitro groups is 1. The third-order valence-corrected chi connectivity index (χ3v) is 2.93. The van der Waals surface area contributed by atoms with E-state index in [9.17, 15) is 22.9 Å². The minimum atomic E-state index is -4.44. The Hall–Kier alpha value is -2.25. The molecule has 0 aliphatic rings. The van der Waals surface area contributed by atoms with Crippen molar-refractivity contribution in [3.63, 3.8) is 0 Å². The Balaban J connectivity index is 3.47. The Morgan fingerprint density at radius 2 is 2.16 bits per heavy atom. The molecule has 0 bridgehead atoms. The molecule has 0 fully saturated rings. The number of nitrogens with two attached hydrogens (primary N) is 1. The zero-order valence-electron chi connectivity index (χ0n) is 9.53. The monoisotopic (exact) mass is 289 g/mol. The summed E-state index contributed by atoms with van der Waals surface area (Å²) in [6.45, 7) is 1.29. The van der Waals surface area contributed by atoms with Gasteiger partial charge in [-0.1, -0.05) is 0 Å². The molecule has 0 amide bonds. The zero-order chi connectivity index (χ0) is 14.8. The lowest BCUT2D eigenvalue weighted by Crippen LogP contribution is -2.16. The zero-order valence-corrected chi connectivity index (χ0v) is 10.3. The van der Waals surface area contributed by atoms with Crippen LogP contribution in [0.2, 0.25) is 0 Å². The minimum absolute atomic E-state index is 0.449. The first-order valence-corrected chi connectivity index (χ1v) is 6.28. The second-order valence-electron chi connectivity index (χ2n) is 3.44. The maximum atomic E-state index is 13.5. The Labute approximate surface area is 107 Å². The molecule has 1 atom stereocenters. The fraction of sp³-hybridized carbons (Fsp3) is 0.222. The lowest BCUT2D eigenvalue weighted by Gasteiger charge is -2.09.